The third kappa shape index (κ3) is 3.85. The van der Waals surface area contributed by atoms with E-state index in [1.807, 2.05) is 32.9 Å². The van der Waals surface area contributed by atoms with Crippen LogP contribution in [0.15, 0.2) is 24.3 Å². The van der Waals surface area contributed by atoms with Gasteiger partial charge in [0, 0.05) is 24.1 Å². The number of nitrogens with one attached hydrogen (secondary N) is 1. The summed E-state index contributed by atoms with van der Waals surface area (Å²) in [5, 5.41) is 12.3. The Bertz CT molecular complexity index is 811. The van der Waals surface area contributed by atoms with Gasteiger partial charge in [0.25, 0.3) is 0 Å². The van der Waals surface area contributed by atoms with Crippen molar-refractivity contribution in [2.24, 2.45) is 5.92 Å². The first kappa shape index (κ1) is 18.3. The van der Waals surface area contributed by atoms with Gasteiger partial charge in [0.05, 0.1) is 13.0 Å². The highest BCUT2D eigenvalue weighted by molar-refractivity contribution is 7.15. The van der Waals surface area contributed by atoms with Crippen LogP contribution in [0.5, 0.6) is 5.75 Å². The number of anilines is 2. The van der Waals surface area contributed by atoms with Crippen molar-refractivity contribution in [2.75, 3.05) is 23.9 Å². The summed E-state index contributed by atoms with van der Waals surface area (Å²) in [4.78, 5) is 26.5. The fraction of sp³-hybridized carbons (Fsp3) is 0.444. The van der Waals surface area contributed by atoms with E-state index in [1.54, 1.807) is 24.1 Å². The molecule has 0 radical (unpaired) electrons. The topological polar surface area (TPSA) is 84.4 Å². The third-order valence-electron chi connectivity index (χ3n) is 4.18. The van der Waals surface area contributed by atoms with Crippen LogP contribution in [-0.4, -0.2) is 35.7 Å². The summed E-state index contributed by atoms with van der Waals surface area (Å²) in [7, 11) is 1.59. The fourth-order valence-corrected chi connectivity index (χ4v) is 3.48. The molecule has 1 aromatic carbocycles. The van der Waals surface area contributed by atoms with Crippen molar-refractivity contribution < 1.29 is 14.3 Å². The zero-order valence-electron chi connectivity index (χ0n) is 15.3. The maximum Gasteiger partial charge on any atom is 0.231 e. The Morgan fingerprint density at radius 1 is 1.27 bits per heavy atom. The third-order valence-corrected chi connectivity index (χ3v) is 5.44. The number of nitrogens with zero attached hydrogens (tertiary/aromatic N) is 3. The summed E-state index contributed by atoms with van der Waals surface area (Å²) in [5.41, 5.74) is 0.645. The number of carbonyl (C=O) groups excluding carboxylic acids is 2. The minimum atomic E-state index is -0.411. The molecule has 3 rings (SSSR count). The molecular weight excluding hydrogens is 352 g/mol. The van der Waals surface area contributed by atoms with E-state index < -0.39 is 5.92 Å². The Balaban J connectivity index is 1.65. The van der Waals surface area contributed by atoms with E-state index in [2.05, 4.69) is 15.5 Å². The number of benzene rings is 1. The first-order chi connectivity index (χ1) is 12.3. The lowest BCUT2D eigenvalue weighted by Crippen LogP contribution is -2.28. The first-order valence-corrected chi connectivity index (χ1v) is 9.19. The van der Waals surface area contributed by atoms with Crippen LogP contribution in [0.3, 0.4) is 0 Å². The lowest BCUT2D eigenvalue weighted by molar-refractivity contribution is -0.122. The maximum atomic E-state index is 12.5. The van der Waals surface area contributed by atoms with Gasteiger partial charge in [-0.25, -0.2) is 0 Å². The molecule has 0 bridgehead atoms. The van der Waals surface area contributed by atoms with Crippen molar-refractivity contribution in [1.29, 1.82) is 0 Å². The van der Waals surface area contributed by atoms with Gasteiger partial charge >= 0.3 is 0 Å². The van der Waals surface area contributed by atoms with Gasteiger partial charge in [-0.1, -0.05) is 32.1 Å². The average Bonchev–Trinajstić information content (AvgIpc) is 3.21. The standard InChI is InChI=1S/C18H22N4O3S/c1-18(2,3)16-20-21-17(26-16)19-15(24)11-9-14(23)22(10-11)12-5-7-13(25-4)8-6-12/h5-8,11H,9-10H2,1-4H3,(H,19,21,24)/t11-/m0/s1. The van der Waals surface area contributed by atoms with Gasteiger partial charge in [-0.2, -0.15) is 0 Å². The van der Waals surface area contributed by atoms with Gasteiger partial charge in [-0.15, -0.1) is 10.2 Å². The van der Waals surface area contributed by atoms with Crippen LogP contribution in [0.4, 0.5) is 10.8 Å². The number of aromatic nitrogens is 2. The first-order valence-electron chi connectivity index (χ1n) is 8.37. The molecule has 2 amide bonds. The largest absolute Gasteiger partial charge is 0.497 e. The second kappa shape index (κ2) is 7.03. The number of rotatable bonds is 4. The van der Waals surface area contributed by atoms with Crippen LogP contribution in [0.25, 0.3) is 0 Å². The minimum absolute atomic E-state index is 0.0667. The second-order valence-corrected chi connectivity index (χ2v) is 8.23. The van der Waals surface area contributed by atoms with Crippen LogP contribution >= 0.6 is 11.3 Å². The van der Waals surface area contributed by atoms with Crippen LogP contribution in [0.2, 0.25) is 0 Å². The number of methoxy groups -OCH3 is 1. The van der Waals surface area contributed by atoms with E-state index in [0.29, 0.717) is 11.7 Å². The molecule has 26 heavy (non-hydrogen) atoms. The Morgan fingerprint density at radius 2 is 1.96 bits per heavy atom. The van der Waals surface area contributed by atoms with Gasteiger partial charge in [0.1, 0.15) is 10.8 Å². The van der Waals surface area contributed by atoms with Gasteiger partial charge in [-0.3, -0.25) is 9.59 Å². The molecule has 0 unspecified atom stereocenters. The number of amides is 2. The molecule has 1 aliphatic rings. The van der Waals surface area contributed by atoms with Gasteiger partial charge in [0.2, 0.25) is 16.9 Å². The normalized spacial score (nSPS) is 17.5. The predicted octanol–water partition coefficient (Wildman–Crippen LogP) is 2.84. The molecule has 1 atom stereocenters. The molecule has 7 nitrogen and oxygen atoms in total. The van der Waals surface area contributed by atoms with Crippen LogP contribution in [-0.2, 0) is 15.0 Å². The van der Waals surface area contributed by atoms with Gasteiger partial charge in [-0.05, 0) is 24.3 Å². The molecule has 8 heteroatoms. The number of ether oxygens (including phenoxy) is 1. The highest BCUT2D eigenvalue weighted by Crippen LogP contribution is 2.30. The summed E-state index contributed by atoms with van der Waals surface area (Å²) in [6, 6.07) is 7.23. The van der Waals surface area contributed by atoms with Crippen LogP contribution in [0.1, 0.15) is 32.2 Å². The molecule has 1 saturated heterocycles. The zero-order chi connectivity index (χ0) is 18.9. The van der Waals surface area contributed by atoms with Crippen LogP contribution in [0, 0.1) is 5.92 Å². The SMILES string of the molecule is COc1ccc(N2C[C@@H](C(=O)Nc3nnc(C(C)(C)C)s3)CC2=O)cc1. The van der Waals surface area contributed by atoms with E-state index in [1.165, 1.54) is 11.3 Å². The van der Waals surface area contributed by atoms with Crippen molar-refractivity contribution in [3.63, 3.8) is 0 Å². The monoisotopic (exact) mass is 374 g/mol. The van der Waals surface area contributed by atoms with E-state index in [4.69, 9.17) is 4.74 Å². The fourth-order valence-electron chi connectivity index (χ4n) is 2.68. The summed E-state index contributed by atoms with van der Waals surface area (Å²) in [6.45, 7) is 6.48. The van der Waals surface area contributed by atoms with E-state index >= 15 is 0 Å². The molecule has 0 aliphatic carbocycles. The minimum Gasteiger partial charge on any atom is -0.497 e. The van der Waals surface area contributed by atoms with Crippen molar-refractivity contribution in [2.45, 2.75) is 32.6 Å². The molecular formula is C18H22N4O3S. The van der Waals surface area contributed by atoms with Crippen molar-refractivity contribution in [3.05, 3.63) is 29.3 Å². The Hall–Kier alpha value is -2.48. The molecule has 1 aromatic heterocycles. The smallest absolute Gasteiger partial charge is 0.231 e. The maximum absolute atomic E-state index is 12.5. The zero-order valence-corrected chi connectivity index (χ0v) is 16.1. The average molecular weight is 374 g/mol. The summed E-state index contributed by atoms with van der Waals surface area (Å²) in [5.74, 6) is 0.0427. The molecule has 2 heterocycles. The summed E-state index contributed by atoms with van der Waals surface area (Å²) >= 11 is 1.36. The van der Waals surface area contributed by atoms with Crippen molar-refractivity contribution in [1.82, 2.24) is 10.2 Å². The highest BCUT2D eigenvalue weighted by Gasteiger charge is 2.35. The summed E-state index contributed by atoms with van der Waals surface area (Å²) < 4.78 is 5.13. The molecule has 2 aromatic rings. The van der Waals surface area contributed by atoms with E-state index in [-0.39, 0.29) is 23.7 Å². The van der Waals surface area contributed by atoms with E-state index in [0.717, 1.165) is 16.4 Å². The molecule has 0 saturated carbocycles. The van der Waals surface area contributed by atoms with Crippen LogP contribution < -0.4 is 15.0 Å². The highest BCUT2D eigenvalue weighted by atomic mass is 32.1. The van der Waals surface area contributed by atoms with Crippen molar-refractivity contribution in [3.8, 4) is 5.75 Å². The number of hydrogen-bond acceptors (Lipinski definition) is 6. The lowest BCUT2D eigenvalue weighted by Gasteiger charge is -2.16. The van der Waals surface area contributed by atoms with E-state index in [9.17, 15) is 9.59 Å². The number of carbonyl (C=O) groups is 2. The predicted molar refractivity (Wildman–Crippen MR) is 101 cm³/mol. The summed E-state index contributed by atoms with van der Waals surface area (Å²) in [6.07, 6.45) is 0.183. The molecule has 0 spiro atoms. The molecule has 138 valence electrons. The molecule has 1 aliphatic heterocycles. The molecule has 1 N–H and O–H groups in total. The quantitative estimate of drug-likeness (QED) is 0.890. The second-order valence-electron chi connectivity index (χ2n) is 7.26. The molecule has 1 fully saturated rings. The van der Waals surface area contributed by atoms with Gasteiger partial charge < -0.3 is 15.0 Å². The Kier molecular flexibility index (Phi) is 4.95. The Labute approximate surface area is 156 Å². The van der Waals surface area contributed by atoms with Gasteiger partial charge in [0.15, 0.2) is 0 Å². The van der Waals surface area contributed by atoms with Crippen molar-refractivity contribution >= 4 is 34.0 Å². The lowest BCUT2D eigenvalue weighted by atomic mass is 9.98. The Morgan fingerprint density at radius 3 is 2.54 bits per heavy atom. The number of hydrogen-bond donors (Lipinski definition) is 1.